The number of aromatic nitrogens is 1. The number of allylic oxidation sites excluding steroid dienone is 1. The monoisotopic (exact) mass is 479 g/mol. The molecule has 0 amide bonds. The molecule has 180 valence electrons. The molecule has 1 aromatic heterocycles. The van der Waals surface area contributed by atoms with E-state index < -0.39 is 11.7 Å². The molecule has 0 fully saturated rings. The Morgan fingerprint density at radius 1 is 1.00 bits per heavy atom. The zero-order valence-corrected chi connectivity index (χ0v) is 19.0. The third kappa shape index (κ3) is 6.19. The first-order chi connectivity index (χ1) is 16.8. The molecule has 0 unspecified atom stereocenters. The molecule has 0 radical (unpaired) electrons. The number of halogens is 3. The van der Waals surface area contributed by atoms with Gasteiger partial charge in [0.05, 0.1) is 12.2 Å². The second-order valence-corrected chi connectivity index (χ2v) is 7.99. The first kappa shape index (κ1) is 24.3. The maximum Gasteiger partial charge on any atom is 0.416 e. The van der Waals surface area contributed by atoms with Crippen molar-refractivity contribution in [2.24, 2.45) is 0 Å². The minimum absolute atomic E-state index is 0.0713. The molecule has 3 aromatic carbocycles. The Kier molecular flexibility index (Phi) is 7.36. The van der Waals surface area contributed by atoms with Crippen LogP contribution >= 0.6 is 0 Å². The molecule has 4 nitrogen and oxygen atoms in total. The van der Waals surface area contributed by atoms with E-state index in [-0.39, 0.29) is 19.1 Å². The van der Waals surface area contributed by atoms with Crippen LogP contribution in [0.25, 0.3) is 17.0 Å². The van der Waals surface area contributed by atoms with Gasteiger partial charge in [-0.15, -0.1) is 0 Å². The van der Waals surface area contributed by atoms with Crippen molar-refractivity contribution < 1.29 is 27.4 Å². The third-order valence-corrected chi connectivity index (χ3v) is 5.51. The van der Waals surface area contributed by atoms with Gasteiger partial charge in [0.2, 0.25) is 5.89 Å². The predicted molar refractivity (Wildman–Crippen MR) is 128 cm³/mol. The SMILES string of the molecule is Cc1oc(-c2ccc(C(F)(F)F)cc2)nc1COc1cccc(/C(=C/CO)Cc2ccccc2)c1. The summed E-state index contributed by atoms with van der Waals surface area (Å²) in [6.07, 6.45) is -1.94. The molecule has 0 saturated heterocycles. The fraction of sp³-hybridized carbons (Fsp3) is 0.179. The van der Waals surface area contributed by atoms with Crippen molar-refractivity contribution in [3.63, 3.8) is 0 Å². The van der Waals surface area contributed by atoms with E-state index in [9.17, 15) is 18.3 Å². The van der Waals surface area contributed by atoms with Gasteiger partial charge in [-0.1, -0.05) is 48.5 Å². The molecule has 0 aliphatic carbocycles. The highest BCUT2D eigenvalue weighted by molar-refractivity contribution is 5.69. The van der Waals surface area contributed by atoms with Gasteiger partial charge in [0, 0.05) is 5.56 Å². The number of aliphatic hydroxyl groups excluding tert-OH is 1. The van der Waals surface area contributed by atoms with E-state index in [1.807, 2.05) is 54.6 Å². The van der Waals surface area contributed by atoms with E-state index in [1.165, 1.54) is 12.1 Å². The largest absolute Gasteiger partial charge is 0.487 e. The van der Waals surface area contributed by atoms with Crippen molar-refractivity contribution in [1.29, 1.82) is 0 Å². The summed E-state index contributed by atoms with van der Waals surface area (Å²) in [4.78, 5) is 4.41. The predicted octanol–water partition coefficient (Wildman–Crippen LogP) is 6.87. The van der Waals surface area contributed by atoms with Gasteiger partial charge in [-0.2, -0.15) is 13.2 Å². The van der Waals surface area contributed by atoms with Crippen LogP contribution in [0.2, 0.25) is 0 Å². The lowest BCUT2D eigenvalue weighted by molar-refractivity contribution is -0.137. The molecule has 1 heterocycles. The van der Waals surface area contributed by atoms with Gasteiger partial charge in [0.15, 0.2) is 0 Å². The summed E-state index contributed by atoms with van der Waals surface area (Å²) in [7, 11) is 0. The Morgan fingerprint density at radius 3 is 2.43 bits per heavy atom. The van der Waals surface area contributed by atoms with Gasteiger partial charge in [-0.25, -0.2) is 4.98 Å². The average molecular weight is 479 g/mol. The molecular formula is C28H24F3NO3. The summed E-state index contributed by atoms with van der Waals surface area (Å²) in [5.41, 5.74) is 3.33. The summed E-state index contributed by atoms with van der Waals surface area (Å²) in [5.74, 6) is 1.39. The Hall–Kier alpha value is -3.84. The molecule has 7 heteroatoms. The number of aryl methyl sites for hydroxylation is 1. The van der Waals surface area contributed by atoms with E-state index in [2.05, 4.69) is 4.98 Å². The molecule has 1 N–H and O–H groups in total. The van der Waals surface area contributed by atoms with Crippen molar-refractivity contribution >= 4 is 5.57 Å². The van der Waals surface area contributed by atoms with Crippen molar-refractivity contribution in [2.75, 3.05) is 6.61 Å². The highest BCUT2D eigenvalue weighted by atomic mass is 19.4. The zero-order valence-electron chi connectivity index (χ0n) is 19.0. The summed E-state index contributed by atoms with van der Waals surface area (Å²) >= 11 is 0. The first-order valence-corrected chi connectivity index (χ1v) is 11.0. The lowest BCUT2D eigenvalue weighted by Gasteiger charge is -2.11. The van der Waals surface area contributed by atoms with E-state index in [4.69, 9.17) is 9.15 Å². The van der Waals surface area contributed by atoms with Crippen LogP contribution in [0.15, 0.2) is 89.4 Å². The summed E-state index contributed by atoms with van der Waals surface area (Å²) in [6.45, 7) is 1.80. The van der Waals surface area contributed by atoms with E-state index >= 15 is 0 Å². The molecule has 0 bridgehead atoms. The summed E-state index contributed by atoms with van der Waals surface area (Å²) in [5, 5.41) is 9.50. The number of ether oxygens (including phenoxy) is 1. The fourth-order valence-corrected chi connectivity index (χ4v) is 3.64. The van der Waals surface area contributed by atoms with Crippen LogP contribution in [-0.2, 0) is 19.2 Å². The van der Waals surface area contributed by atoms with Gasteiger partial charge in [0.1, 0.15) is 23.8 Å². The molecule has 0 aliphatic heterocycles. The van der Waals surface area contributed by atoms with Gasteiger partial charge in [-0.3, -0.25) is 0 Å². The Bertz CT molecular complexity index is 1290. The van der Waals surface area contributed by atoms with Gasteiger partial charge >= 0.3 is 6.18 Å². The minimum atomic E-state index is -4.40. The number of benzene rings is 3. The smallest absolute Gasteiger partial charge is 0.416 e. The van der Waals surface area contributed by atoms with Gasteiger partial charge in [-0.05, 0) is 66.4 Å². The van der Waals surface area contributed by atoms with E-state index in [0.717, 1.165) is 28.8 Å². The highest BCUT2D eigenvalue weighted by Gasteiger charge is 2.30. The van der Waals surface area contributed by atoms with Crippen LogP contribution in [-0.4, -0.2) is 16.7 Å². The number of alkyl halides is 3. The molecule has 0 saturated carbocycles. The summed E-state index contributed by atoms with van der Waals surface area (Å²) < 4.78 is 50.0. The minimum Gasteiger partial charge on any atom is -0.487 e. The number of nitrogens with zero attached hydrogens (tertiary/aromatic N) is 1. The molecular weight excluding hydrogens is 455 g/mol. The van der Waals surface area contributed by atoms with Crippen molar-refractivity contribution in [3.05, 3.63) is 113 Å². The molecule has 4 aromatic rings. The van der Waals surface area contributed by atoms with Gasteiger partial charge < -0.3 is 14.3 Å². The molecule has 0 spiro atoms. The lowest BCUT2D eigenvalue weighted by atomic mass is 9.98. The average Bonchev–Trinajstić information content (AvgIpc) is 3.23. The Balaban J connectivity index is 1.47. The Morgan fingerprint density at radius 2 is 1.74 bits per heavy atom. The lowest BCUT2D eigenvalue weighted by Crippen LogP contribution is -2.04. The molecule has 35 heavy (non-hydrogen) atoms. The third-order valence-electron chi connectivity index (χ3n) is 5.51. The second-order valence-electron chi connectivity index (χ2n) is 7.99. The standard InChI is InChI=1S/C28H24F3NO3/c1-19-26(32-27(35-19)21-10-12-24(13-11-21)28(29,30)31)18-34-25-9-5-8-22(17-25)23(14-15-33)16-20-6-3-2-4-7-20/h2-14,17,33H,15-16,18H2,1H3/b23-14+. The number of hydrogen-bond donors (Lipinski definition) is 1. The maximum atomic E-state index is 12.8. The van der Waals surface area contributed by atoms with E-state index in [0.29, 0.717) is 29.2 Å². The van der Waals surface area contributed by atoms with Gasteiger partial charge in [0.25, 0.3) is 0 Å². The zero-order chi connectivity index (χ0) is 24.8. The fourth-order valence-electron chi connectivity index (χ4n) is 3.64. The number of oxazole rings is 1. The maximum absolute atomic E-state index is 12.8. The van der Waals surface area contributed by atoms with Crippen LogP contribution < -0.4 is 4.74 Å². The number of hydrogen-bond acceptors (Lipinski definition) is 4. The van der Waals surface area contributed by atoms with Crippen molar-refractivity contribution in [2.45, 2.75) is 26.1 Å². The van der Waals surface area contributed by atoms with Crippen LogP contribution in [0.3, 0.4) is 0 Å². The van der Waals surface area contributed by atoms with E-state index in [1.54, 1.807) is 13.0 Å². The molecule has 0 atom stereocenters. The highest BCUT2D eigenvalue weighted by Crippen LogP contribution is 2.31. The normalized spacial score (nSPS) is 12.1. The number of aliphatic hydroxyl groups is 1. The topological polar surface area (TPSA) is 55.5 Å². The van der Waals surface area contributed by atoms with Crippen LogP contribution in [0.1, 0.15) is 28.1 Å². The van der Waals surface area contributed by atoms with Crippen molar-refractivity contribution in [1.82, 2.24) is 4.98 Å². The Labute approximate surface area is 201 Å². The van der Waals surface area contributed by atoms with Crippen LogP contribution in [0.5, 0.6) is 5.75 Å². The molecule has 4 rings (SSSR count). The second kappa shape index (κ2) is 10.6. The summed E-state index contributed by atoms with van der Waals surface area (Å²) in [6, 6.07) is 22.2. The number of rotatable bonds is 8. The van der Waals surface area contributed by atoms with Crippen molar-refractivity contribution in [3.8, 4) is 17.2 Å². The first-order valence-electron chi connectivity index (χ1n) is 11.0. The van der Waals surface area contributed by atoms with Crippen LogP contribution in [0.4, 0.5) is 13.2 Å². The molecule has 0 aliphatic rings. The quantitative estimate of drug-likeness (QED) is 0.300. The van der Waals surface area contributed by atoms with Crippen LogP contribution in [0, 0.1) is 6.92 Å².